The zero-order chi connectivity index (χ0) is 13.7. The molecular formula is C11H15ClN2O3S. The summed E-state index contributed by atoms with van der Waals surface area (Å²) in [6, 6.07) is 0. The largest absolute Gasteiger partial charge is 0.468 e. The predicted octanol–water partition coefficient (Wildman–Crippen LogP) is 1.90. The number of halogens is 1. The molecule has 0 saturated heterocycles. The first-order valence-corrected chi connectivity index (χ1v) is 6.63. The van der Waals surface area contributed by atoms with Gasteiger partial charge in [-0.1, -0.05) is 25.4 Å². The number of methoxy groups -OCH3 is 1. The highest BCUT2D eigenvalue weighted by atomic mass is 35.5. The normalized spacial score (nSPS) is 10.5. The summed E-state index contributed by atoms with van der Waals surface area (Å²) in [7, 11) is 1.26. The number of esters is 1. The number of hydrogen-bond donors (Lipinski definition) is 1. The van der Waals surface area contributed by atoms with Gasteiger partial charge in [0.15, 0.2) is 4.47 Å². The summed E-state index contributed by atoms with van der Waals surface area (Å²) in [5, 5.41) is 2.45. The van der Waals surface area contributed by atoms with E-state index in [1.54, 1.807) is 0 Å². The van der Waals surface area contributed by atoms with E-state index in [2.05, 4.69) is 15.0 Å². The van der Waals surface area contributed by atoms with E-state index < -0.39 is 11.9 Å². The lowest BCUT2D eigenvalue weighted by atomic mass is 10.1. The Kier molecular flexibility index (Phi) is 5.55. The number of rotatable bonds is 5. The van der Waals surface area contributed by atoms with Crippen LogP contribution in [0.5, 0.6) is 0 Å². The zero-order valence-electron chi connectivity index (χ0n) is 10.4. The summed E-state index contributed by atoms with van der Waals surface area (Å²) in [6.07, 6.45) is 0.728. The number of carbonyl (C=O) groups excluding carboxylic acids is 2. The highest BCUT2D eigenvalue weighted by Crippen LogP contribution is 2.25. The molecule has 0 unspecified atom stereocenters. The van der Waals surface area contributed by atoms with Crippen molar-refractivity contribution in [3.63, 3.8) is 0 Å². The van der Waals surface area contributed by atoms with Crippen molar-refractivity contribution in [1.29, 1.82) is 0 Å². The molecule has 1 aromatic heterocycles. The maximum Gasteiger partial charge on any atom is 0.325 e. The Balaban J connectivity index is 2.75. The molecule has 0 radical (unpaired) electrons. The fourth-order valence-corrected chi connectivity index (χ4v) is 2.67. The molecule has 0 fully saturated rings. The van der Waals surface area contributed by atoms with Gasteiger partial charge in [-0.05, 0) is 12.3 Å². The highest BCUT2D eigenvalue weighted by molar-refractivity contribution is 7.16. The molecule has 0 spiro atoms. The number of amides is 1. The smallest absolute Gasteiger partial charge is 0.325 e. The molecule has 7 heteroatoms. The van der Waals surface area contributed by atoms with Crippen molar-refractivity contribution in [3.8, 4) is 0 Å². The summed E-state index contributed by atoms with van der Waals surface area (Å²) < 4.78 is 4.77. The van der Waals surface area contributed by atoms with Gasteiger partial charge >= 0.3 is 5.97 Å². The quantitative estimate of drug-likeness (QED) is 0.841. The molecule has 0 aliphatic carbocycles. The maximum absolute atomic E-state index is 11.8. The number of ether oxygens (including phenoxy) is 1. The molecule has 0 aliphatic heterocycles. The molecule has 1 aromatic rings. The first-order chi connectivity index (χ1) is 8.43. The SMILES string of the molecule is COC(=O)CNC(=O)c1nc(Cl)sc1CC(C)C. The van der Waals surface area contributed by atoms with Gasteiger partial charge in [0, 0.05) is 4.88 Å². The van der Waals surface area contributed by atoms with Gasteiger partial charge in [-0.2, -0.15) is 0 Å². The van der Waals surface area contributed by atoms with E-state index in [-0.39, 0.29) is 6.54 Å². The van der Waals surface area contributed by atoms with Crippen LogP contribution in [0.4, 0.5) is 0 Å². The molecule has 1 amide bonds. The van der Waals surface area contributed by atoms with Crippen molar-refractivity contribution in [2.45, 2.75) is 20.3 Å². The molecule has 0 aliphatic rings. The van der Waals surface area contributed by atoms with E-state index in [1.807, 2.05) is 13.8 Å². The van der Waals surface area contributed by atoms with Gasteiger partial charge in [0.1, 0.15) is 12.2 Å². The van der Waals surface area contributed by atoms with Gasteiger partial charge in [0.25, 0.3) is 5.91 Å². The monoisotopic (exact) mass is 290 g/mol. The number of hydrogen-bond acceptors (Lipinski definition) is 5. The van der Waals surface area contributed by atoms with Gasteiger partial charge in [-0.15, -0.1) is 11.3 Å². The lowest BCUT2D eigenvalue weighted by Gasteiger charge is -2.05. The van der Waals surface area contributed by atoms with Crippen molar-refractivity contribution >= 4 is 34.8 Å². The third kappa shape index (κ3) is 4.27. The second-order valence-electron chi connectivity index (χ2n) is 4.10. The van der Waals surface area contributed by atoms with Crippen molar-refractivity contribution < 1.29 is 14.3 Å². The molecule has 1 N–H and O–H groups in total. The summed E-state index contributed by atoms with van der Waals surface area (Å²) in [6.45, 7) is 3.92. The van der Waals surface area contributed by atoms with Crippen LogP contribution in [0.2, 0.25) is 4.47 Å². The minimum absolute atomic E-state index is 0.175. The van der Waals surface area contributed by atoms with Gasteiger partial charge in [0.05, 0.1) is 7.11 Å². The lowest BCUT2D eigenvalue weighted by Crippen LogP contribution is -2.31. The Hall–Kier alpha value is -1.14. The number of nitrogens with zero attached hydrogens (tertiary/aromatic N) is 1. The van der Waals surface area contributed by atoms with E-state index >= 15 is 0 Å². The lowest BCUT2D eigenvalue weighted by molar-refractivity contribution is -0.139. The van der Waals surface area contributed by atoms with Gasteiger partial charge in [0.2, 0.25) is 0 Å². The Bertz CT molecular complexity index is 445. The van der Waals surface area contributed by atoms with Crippen LogP contribution in [0.1, 0.15) is 29.2 Å². The van der Waals surface area contributed by atoms with Crippen LogP contribution in [0.15, 0.2) is 0 Å². The average Bonchev–Trinajstić information content (AvgIpc) is 2.65. The molecular weight excluding hydrogens is 276 g/mol. The zero-order valence-corrected chi connectivity index (χ0v) is 12.0. The van der Waals surface area contributed by atoms with E-state index in [4.69, 9.17) is 11.6 Å². The van der Waals surface area contributed by atoms with Crippen molar-refractivity contribution in [1.82, 2.24) is 10.3 Å². The van der Waals surface area contributed by atoms with E-state index in [0.29, 0.717) is 16.1 Å². The first-order valence-electron chi connectivity index (χ1n) is 5.44. The topological polar surface area (TPSA) is 68.3 Å². The minimum Gasteiger partial charge on any atom is -0.468 e. The maximum atomic E-state index is 11.8. The third-order valence-corrected chi connectivity index (χ3v) is 3.28. The highest BCUT2D eigenvalue weighted by Gasteiger charge is 2.18. The summed E-state index contributed by atoms with van der Waals surface area (Å²) in [5.74, 6) is -0.511. The van der Waals surface area contributed by atoms with Crippen LogP contribution in [0.3, 0.4) is 0 Å². The molecule has 0 bridgehead atoms. The van der Waals surface area contributed by atoms with E-state index in [0.717, 1.165) is 11.3 Å². The number of thiazole rings is 1. The second-order valence-corrected chi connectivity index (χ2v) is 5.76. The molecule has 0 aromatic carbocycles. The Labute approximate surface area is 115 Å². The Morgan fingerprint density at radius 3 is 2.72 bits per heavy atom. The third-order valence-electron chi connectivity index (χ3n) is 2.10. The molecule has 0 saturated carbocycles. The first kappa shape index (κ1) is 14.9. The number of nitrogens with one attached hydrogen (secondary N) is 1. The van der Waals surface area contributed by atoms with Crippen LogP contribution >= 0.6 is 22.9 Å². The fraction of sp³-hybridized carbons (Fsp3) is 0.545. The van der Waals surface area contributed by atoms with E-state index in [1.165, 1.54) is 18.4 Å². The molecule has 18 heavy (non-hydrogen) atoms. The predicted molar refractivity (Wildman–Crippen MR) is 70.0 cm³/mol. The molecule has 0 atom stereocenters. The van der Waals surface area contributed by atoms with Crippen LogP contribution in [0.25, 0.3) is 0 Å². The number of aromatic nitrogens is 1. The Morgan fingerprint density at radius 1 is 1.50 bits per heavy atom. The second kappa shape index (κ2) is 6.70. The van der Waals surface area contributed by atoms with E-state index in [9.17, 15) is 9.59 Å². The standard InChI is InChI=1S/C11H15ClN2O3S/c1-6(2)4-7-9(14-11(12)18-7)10(16)13-5-8(15)17-3/h6H,4-5H2,1-3H3,(H,13,16). The minimum atomic E-state index is -0.505. The van der Waals surface area contributed by atoms with Crippen molar-refractivity contribution in [3.05, 3.63) is 15.0 Å². The fourth-order valence-electron chi connectivity index (χ4n) is 1.32. The summed E-state index contributed by atoms with van der Waals surface area (Å²) in [5.41, 5.74) is 0.294. The van der Waals surface area contributed by atoms with Crippen molar-refractivity contribution in [2.75, 3.05) is 13.7 Å². The summed E-state index contributed by atoms with van der Waals surface area (Å²) in [4.78, 5) is 27.6. The summed E-state index contributed by atoms with van der Waals surface area (Å²) >= 11 is 7.11. The van der Waals surface area contributed by atoms with Gasteiger partial charge in [-0.25, -0.2) is 4.98 Å². The average molecular weight is 291 g/mol. The Morgan fingerprint density at radius 2 is 2.17 bits per heavy atom. The van der Waals surface area contributed by atoms with Crippen LogP contribution < -0.4 is 5.32 Å². The molecule has 1 rings (SSSR count). The molecule has 100 valence electrons. The molecule has 5 nitrogen and oxygen atoms in total. The number of carbonyl (C=O) groups is 2. The van der Waals surface area contributed by atoms with Crippen LogP contribution in [-0.4, -0.2) is 30.5 Å². The van der Waals surface area contributed by atoms with Crippen molar-refractivity contribution in [2.24, 2.45) is 5.92 Å². The van der Waals surface area contributed by atoms with Crippen LogP contribution in [0, 0.1) is 5.92 Å². The van der Waals surface area contributed by atoms with Gasteiger partial charge in [-0.3, -0.25) is 9.59 Å². The van der Waals surface area contributed by atoms with Crippen LogP contribution in [-0.2, 0) is 16.0 Å². The molecule has 1 heterocycles. The van der Waals surface area contributed by atoms with Gasteiger partial charge < -0.3 is 10.1 Å².